The lowest BCUT2D eigenvalue weighted by Gasteiger charge is -2.42. The normalized spacial score (nSPS) is 17.0. The Kier molecular flexibility index (Phi) is 33.0. The zero-order chi connectivity index (χ0) is 49.7. The quantitative estimate of drug-likeness (QED) is 0.0367. The number of hydrogen-bond acceptors (Lipinski definition) is 8. The number of carboxylic acid groups (broad SMARTS) is 2. The number of rotatable bonds is 43. The Labute approximate surface area is 412 Å². The molecule has 0 bridgehead atoms. The molecule has 1 aromatic rings. The van der Waals surface area contributed by atoms with Crippen LogP contribution >= 0.6 is 0 Å². The average molecular weight is 953 g/mol. The van der Waals surface area contributed by atoms with E-state index in [4.69, 9.17) is 14.2 Å². The summed E-state index contributed by atoms with van der Waals surface area (Å²) in [6.07, 6.45) is 31.0. The maximum atomic E-state index is 13.7. The van der Waals surface area contributed by atoms with E-state index >= 15 is 0 Å². The summed E-state index contributed by atoms with van der Waals surface area (Å²) in [5.41, 5.74) is -2.11. The van der Waals surface area contributed by atoms with Crippen molar-refractivity contribution in [2.24, 2.45) is 22.7 Å². The van der Waals surface area contributed by atoms with Crippen LogP contribution in [0.5, 0.6) is 0 Å². The third-order valence-electron chi connectivity index (χ3n) is 14.5. The Hall–Kier alpha value is -3.69. The molecule has 10 heteroatoms. The first-order valence-electron chi connectivity index (χ1n) is 27.6. The fraction of sp³-hybridized carbons (Fsp3) is 0.776. The Morgan fingerprint density at radius 1 is 0.515 bits per heavy atom. The van der Waals surface area contributed by atoms with Gasteiger partial charge in [0.1, 0.15) is 6.61 Å². The number of esters is 3. The van der Waals surface area contributed by atoms with Crippen LogP contribution in [0.1, 0.15) is 252 Å². The number of carbonyl (C=O) groups is 5. The van der Waals surface area contributed by atoms with Gasteiger partial charge in [-0.15, -0.1) is 0 Å². The molecular formula is C58H96O10. The first-order valence-corrected chi connectivity index (χ1v) is 27.6. The van der Waals surface area contributed by atoms with Crippen LogP contribution in [0, 0.1) is 22.7 Å². The van der Waals surface area contributed by atoms with Crippen LogP contribution in [0.4, 0.5) is 0 Å². The highest BCUT2D eigenvalue weighted by Gasteiger charge is 2.53. The second-order valence-electron chi connectivity index (χ2n) is 20.4. The van der Waals surface area contributed by atoms with E-state index < -0.39 is 28.7 Å². The van der Waals surface area contributed by atoms with Crippen molar-refractivity contribution in [1.29, 1.82) is 0 Å². The summed E-state index contributed by atoms with van der Waals surface area (Å²) in [7, 11) is 0. The number of ether oxygens (including phenoxy) is 3. The molecule has 68 heavy (non-hydrogen) atoms. The lowest BCUT2D eigenvalue weighted by Crippen LogP contribution is -2.45. The number of unbranched alkanes of at least 4 members (excludes halogenated alkanes) is 16. The van der Waals surface area contributed by atoms with Crippen molar-refractivity contribution in [3.63, 3.8) is 0 Å². The maximum Gasteiger partial charge on any atom is 0.334 e. The highest BCUT2D eigenvalue weighted by molar-refractivity contribution is 5.93. The van der Waals surface area contributed by atoms with E-state index in [1.165, 1.54) is 109 Å². The zero-order valence-electron chi connectivity index (χ0n) is 43.4. The van der Waals surface area contributed by atoms with E-state index in [0.717, 1.165) is 56.9 Å². The van der Waals surface area contributed by atoms with Crippen LogP contribution < -0.4 is 0 Å². The van der Waals surface area contributed by atoms with Crippen molar-refractivity contribution < 1.29 is 48.4 Å². The summed E-state index contributed by atoms with van der Waals surface area (Å²) in [6.45, 7) is 9.83. The van der Waals surface area contributed by atoms with Crippen LogP contribution in [-0.2, 0) is 44.8 Å². The molecule has 0 fully saturated rings. The van der Waals surface area contributed by atoms with Crippen molar-refractivity contribution in [3.8, 4) is 0 Å². The van der Waals surface area contributed by atoms with E-state index in [9.17, 15) is 34.2 Å². The molecule has 0 aromatic heterocycles. The number of carbonyl (C=O) groups excluding carboxylic acids is 3. The molecule has 2 N–H and O–H groups in total. The Morgan fingerprint density at radius 3 is 1.40 bits per heavy atom. The summed E-state index contributed by atoms with van der Waals surface area (Å²) >= 11 is 0. The van der Waals surface area contributed by atoms with E-state index in [0.29, 0.717) is 63.6 Å². The highest BCUT2D eigenvalue weighted by Crippen LogP contribution is 2.51. The highest BCUT2D eigenvalue weighted by atomic mass is 16.5. The van der Waals surface area contributed by atoms with Crippen molar-refractivity contribution in [2.45, 2.75) is 253 Å². The van der Waals surface area contributed by atoms with E-state index in [2.05, 4.69) is 27.7 Å². The largest absolute Gasteiger partial charge is 0.481 e. The predicted molar refractivity (Wildman–Crippen MR) is 273 cm³/mol. The number of benzene rings is 1. The molecular weight excluding hydrogens is 857 g/mol. The lowest BCUT2D eigenvalue weighted by molar-refractivity contribution is -0.158. The molecule has 0 saturated carbocycles. The molecule has 2 unspecified atom stereocenters. The summed E-state index contributed by atoms with van der Waals surface area (Å²) in [5, 5.41) is 21.7. The molecule has 2 atom stereocenters. The molecule has 2 rings (SSSR count). The molecule has 0 saturated heterocycles. The van der Waals surface area contributed by atoms with Crippen LogP contribution in [0.2, 0.25) is 0 Å². The molecule has 1 aromatic carbocycles. The molecule has 0 amide bonds. The van der Waals surface area contributed by atoms with E-state index in [-0.39, 0.29) is 49.8 Å². The van der Waals surface area contributed by atoms with Gasteiger partial charge >= 0.3 is 29.8 Å². The predicted octanol–water partition coefficient (Wildman–Crippen LogP) is 15.5. The fourth-order valence-corrected chi connectivity index (χ4v) is 10.2. The van der Waals surface area contributed by atoms with Crippen molar-refractivity contribution in [2.75, 3.05) is 13.2 Å². The molecule has 10 nitrogen and oxygen atoms in total. The molecule has 0 spiro atoms. The zero-order valence-corrected chi connectivity index (χ0v) is 43.4. The minimum absolute atomic E-state index is 0.00450. The van der Waals surface area contributed by atoms with Crippen LogP contribution in [-0.4, -0.2) is 53.3 Å². The SMILES string of the molecule is CCCCCC(CCCCC)CCOC(=O)CCCCCCCC1(C(=O)O)C=C(C(=O)OCc2ccccc2)CC(CCCCCCCC(=O)OCCC(CCCCC)CCCCC)(C(=O)O)C1. The minimum Gasteiger partial charge on any atom is -0.481 e. The van der Waals surface area contributed by atoms with Gasteiger partial charge in [-0.2, -0.15) is 0 Å². The smallest absolute Gasteiger partial charge is 0.334 e. The topological polar surface area (TPSA) is 154 Å². The molecule has 0 aliphatic heterocycles. The summed E-state index contributed by atoms with van der Waals surface area (Å²) < 4.78 is 16.9. The third-order valence-corrected chi connectivity index (χ3v) is 14.5. The van der Waals surface area contributed by atoms with Crippen molar-refractivity contribution in [3.05, 3.63) is 47.5 Å². The van der Waals surface area contributed by atoms with Gasteiger partial charge in [0.05, 0.1) is 24.0 Å². The first-order chi connectivity index (χ1) is 32.9. The fourth-order valence-electron chi connectivity index (χ4n) is 10.2. The minimum atomic E-state index is -1.54. The van der Waals surface area contributed by atoms with Crippen molar-refractivity contribution in [1.82, 2.24) is 0 Å². The van der Waals surface area contributed by atoms with Crippen LogP contribution in [0.25, 0.3) is 0 Å². The van der Waals surface area contributed by atoms with Gasteiger partial charge in [-0.25, -0.2) is 4.79 Å². The van der Waals surface area contributed by atoms with Gasteiger partial charge in [-0.05, 0) is 68.8 Å². The van der Waals surface area contributed by atoms with Crippen molar-refractivity contribution >= 4 is 29.8 Å². The van der Waals surface area contributed by atoms with Gasteiger partial charge in [0, 0.05) is 18.4 Å². The van der Waals surface area contributed by atoms with E-state index in [1.54, 1.807) is 0 Å². The molecule has 1 aliphatic rings. The van der Waals surface area contributed by atoms with Gasteiger partial charge in [0.15, 0.2) is 0 Å². The third kappa shape index (κ3) is 25.8. The molecule has 0 radical (unpaired) electrons. The monoisotopic (exact) mass is 953 g/mol. The van der Waals surface area contributed by atoms with Gasteiger partial charge in [0.25, 0.3) is 0 Å². The summed E-state index contributed by atoms with van der Waals surface area (Å²) in [5.74, 6) is -2.02. The second kappa shape index (κ2) is 37.2. The molecule has 0 heterocycles. The number of carboxylic acids is 2. The van der Waals surface area contributed by atoms with Crippen LogP contribution in [0.3, 0.4) is 0 Å². The summed E-state index contributed by atoms with van der Waals surface area (Å²) in [6, 6.07) is 9.21. The van der Waals surface area contributed by atoms with E-state index in [1.807, 2.05) is 30.3 Å². The van der Waals surface area contributed by atoms with Gasteiger partial charge in [-0.1, -0.05) is 218 Å². The number of aliphatic carboxylic acids is 2. The first kappa shape index (κ1) is 60.4. The Bertz CT molecular complexity index is 1540. The molecule has 1 aliphatic carbocycles. The second-order valence-corrected chi connectivity index (χ2v) is 20.4. The maximum absolute atomic E-state index is 13.7. The Morgan fingerprint density at radius 2 is 0.956 bits per heavy atom. The standard InChI is InChI=1S/C58H96O10/c1-5-9-20-30-48(31-21-10-6-2)38-42-66-52(59)36-26-15-13-17-28-40-57(55(62)63)44-51(54(61)68-46-50-34-24-19-25-35-50)45-58(47-57,56(64)65)41-29-18-14-16-27-37-53(60)67-43-39-49(32-22-11-7-3)33-23-12-8-4/h19,24-25,34-35,44,48-49H,5-18,20-23,26-33,36-43,45-47H2,1-4H3,(H,62,63)(H,64,65). The van der Waals surface area contributed by atoms with Gasteiger partial charge in [0.2, 0.25) is 0 Å². The lowest BCUT2D eigenvalue weighted by atomic mass is 9.60. The van der Waals surface area contributed by atoms with Gasteiger partial charge in [-0.3, -0.25) is 19.2 Å². The Balaban J connectivity index is 1.94. The van der Waals surface area contributed by atoms with Gasteiger partial charge < -0.3 is 24.4 Å². The molecule has 388 valence electrons. The van der Waals surface area contributed by atoms with Crippen LogP contribution in [0.15, 0.2) is 42.0 Å². The summed E-state index contributed by atoms with van der Waals surface area (Å²) in [4.78, 5) is 65.3. The average Bonchev–Trinajstić information content (AvgIpc) is 3.32. The number of hydrogen-bond donors (Lipinski definition) is 2.